The van der Waals surface area contributed by atoms with Crippen LogP contribution in [0.5, 0.6) is 5.75 Å². The minimum atomic E-state index is 0.709. The third-order valence-corrected chi connectivity index (χ3v) is 5.87. The van der Waals surface area contributed by atoms with E-state index in [0.29, 0.717) is 11.6 Å². The molecule has 0 spiro atoms. The van der Waals surface area contributed by atoms with Crippen LogP contribution in [0.25, 0.3) is 10.9 Å². The summed E-state index contributed by atoms with van der Waals surface area (Å²) in [6.45, 7) is 5.02. The number of fused-ring (bicyclic) bond motifs is 1. The minimum absolute atomic E-state index is 0.709. The fraction of sp³-hybridized carbons (Fsp3) is 0.435. The molecule has 31 heavy (non-hydrogen) atoms. The van der Waals surface area contributed by atoms with E-state index in [0.717, 1.165) is 60.9 Å². The van der Waals surface area contributed by atoms with Crippen molar-refractivity contribution in [2.45, 2.75) is 25.7 Å². The molecular formula is C23H27N7O. The van der Waals surface area contributed by atoms with Crippen molar-refractivity contribution in [1.82, 2.24) is 25.1 Å². The smallest absolute Gasteiger partial charge is 0.227 e. The number of hydrogen-bond acceptors (Lipinski definition) is 7. The quantitative estimate of drug-likeness (QED) is 0.617. The van der Waals surface area contributed by atoms with Gasteiger partial charge in [0.15, 0.2) is 5.82 Å². The van der Waals surface area contributed by atoms with Crippen LogP contribution in [-0.4, -0.2) is 64.9 Å². The molecule has 2 aliphatic heterocycles. The molecule has 0 aliphatic carbocycles. The maximum Gasteiger partial charge on any atom is 0.227 e. The topological polar surface area (TPSA) is 82.2 Å². The van der Waals surface area contributed by atoms with Crippen LogP contribution in [0.4, 0.5) is 17.6 Å². The molecule has 0 radical (unpaired) electrons. The highest BCUT2D eigenvalue weighted by molar-refractivity contribution is 5.94. The summed E-state index contributed by atoms with van der Waals surface area (Å²) in [5.74, 6) is 9.52. The number of methoxy groups -OCH3 is 1. The summed E-state index contributed by atoms with van der Waals surface area (Å²) < 4.78 is 5.66. The summed E-state index contributed by atoms with van der Waals surface area (Å²) in [6, 6.07) is 5.86. The third-order valence-electron chi connectivity index (χ3n) is 5.87. The Morgan fingerprint density at radius 3 is 2.65 bits per heavy atom. The first-order valence-electron chi connectivity index (χ1n) is 10.9. The Morgan fingerprint density at radius 2 is 1.90 bits per heavy atom. The number of aromatic amines is 1. The zero-order valence-electron chi connectivity index (χ0n) is 17.8. The van der Waals surface area contributed by atoms with Gasteiger partial charge in [-0.3, -0.25) is 10.00 Å². The van der Waals surface area contributed by atoms with E-state index >= 15 is 0 Å². The van der Waals surface area contributed by atoms with E-state index in [9.17, 15) is 0 Å². The molecule has 0 amide bonds. The van der Waals surface area contributed by atoms with E-state index in [4.69, 9.17) is 14.7 Å². The lowest BCUT2D eigenvalue weighted by atomic mass is 10.1. The molecule has 3 aromatic rings. The van der Waals surface area contributed by atoms with Gasteiger partial charge in [-0.25, -0.2) is 4.98 Å². The van der Waals surface area contributed by atoms with Gasteiger partial charge in [0.2, 0.25) is 5.95 Å². The second-order valence-electron chi connectivity index (χ2n) is 8.01. The van der Waals surface area contributed by atoms with Crippen molar-refractivity contribution >= 4 is 28.5 Å². The molecule has 0 atom stereocenters. The molecule has 4 heterocycles. The number of aromatic nitrogens is 4. The van der Waals surface area contributed by atoms with Crippen molar-refractivity contribution in [1.29, 1.82) is 0 Å². The molecule has 8 heteroatoms. The molecule has 2 aliphatic rings. The Morgan fingerprint density at radius 1 is 1.10 bits per heavy atom. The molecule has 0 unspecified atom stereocenters. The van der Waals surface area contributed by atoms with Crippen molar-refractivity contribution < 1.29 is 4.74 Å². The number of anilines is 3. The van der Waals surface area contributed by atoms with Crippen LogP contribution in [0.3, 0.4) is 0 Å². The van der Waals surface area contributed by atoms with Gasteiger partial charge in [0.05, 0.1) is 24.7 Å². The number of nitrogens with one attached hydrogen (secondary N) is 2. The first-order valence-corrected chi connectivity index (χ1v) is 10.9. The highest BCUT2D eigenvalue weighted by Crippen LogP contribution is 2.32. The molecule has 2 saturated heterocycles. The standard InChI is InChI=1S/C23H27N7O/c1-31-20-16-18-19(15-17(20)7-6-12-29-10-2-3-11-29)25-23(30-13-4-5-14-30)27-22(18)26-21-8-9-24-28-21/h8-9,15-16H,2-5,10-14H2,1H3,(H2,24,25,26,27,28). The SMILES string of the molecule is COc1cc2c(Nc3cc[nH]n3)nc(N3CCCC3)nc2cc1C#CCN1CCCC1. The highest BCUT2D eigenvalue weighted by Gasteiger charge is 2.19. The predicted octanol–water partition coefficient (Wildman–Crippen LogP) is 3.15. The largest absolute Gasteiger partial charge is 0.495 e. The fourth-order valence-electron chi connectivity index (χ4n) is 4.20. The van der Waals surface area contributed by atoms with Gasteiger partial charge < -0.3 is 15.0 Å². The summed E-state index contributed by atoms with van der Waals surface area (Å²) >= 11 is 0. The van der Waals surface area contributed by atoms with Crippen LogP contribution in [-0.2, 0) is 0 Å². The van der Waals surface area contributed by atoms with E-state index in [1.165, 1.54) is 25.7 Å². The number of H-pyrrole nitrogens is 1. The molecule has 160 valence electrons. The first kappa shape index (κ1) is 19.6. The van der Waals surface area contributed by atoms with Gasteiger partial charge in [-0.1, -0.05) is 11.8 Å². The van der Waals surface area contributed by atoms with Crippen LogP contribution in [0.2, 0.25) is 0 Å². The lowest BCUT2D eigenvalue weighted by molar-refractivity contribution is 0.383. The summed E-state index contributed by atoms with van der Waals surface area (Å²) in [7, 11) is 1.67. The van der Waals surface area contributed by atoms with Gasteiger partial charge in [-0.15, -0.1) is 0 Å². The molecule has 1 aromatic carbocycles. The number of hydrogen-bond donors (Lipinski definition) is 2. The van der Waals surface area contributed by atoms with Crippen molar-refractivity contribution in [3.05, 3.63) is 30.0 Å². The normalized spacial score (nSPS) is 16.5. The van der Waals surface area contributed by atoms with Crippen molar-refractivity contribution in [3.63, 3.8) is 0 Å². The van der Waals surface area contributed by atoms with Gasteiger partial charge in [-0.05, 0) is 50.9 Å². The fourth-order valence-corrected chi connectivity index (χ4v) is 4.20. The Kier molecular flexibility index (Phi) is 5.59. The Hall–Kier alpha value is -3.31. The average molecular weight is 418 g/mol. The van der Waals surface area contributed by atoms with Crippen LogP contribution < -0.4 is 15.0 Å². The molecule has 2 N–H and O–H groups in total. The zero-order valence-corrected chi connectivity index (χ0v) is 17.8. The summed E-state index contributed by atoms with van der Waals surface area (Å²) in [6.07, 6.45) is 6.65. The lowest BCUT2D eigenvalue weighted by Crippen LogP contribution is -2.21. The molecule has 0 saturated carbocycles. The molecule has 2 aromatic heterocycles. The number of likely N-dealkylation sites (tertiary alicyclic amines) is 1. The number of ether oxygens (including phenoxy) is 1. The highest BCUT2D eigenvalue weighted by atomic mass is 16.5. The maximum absolute atomic E-state index is 5.66. The predicted molar refractivity (Wildman–Crippen MR) is 122 cm³/mol. The molecule has 2 fully saturated rings. The summed E-state index contributed by atoms with van der Waals surface area (Å²) in [4.78, 5) is 14.3. The monoisotopic (exact) mass is 417 g/mol. The first-order chi connectivity index (χ1) is 15.3. The van der Waals surface area contributed by atoms with Crippen LogP contribution in [0.15, 0.2) is 24.4 Å². The number of nitrogens with zero attached hydrogens (tertiary/aromatic N) is 5. The van der Waals surface area contributed by atoms with Gasteiger partial charge in [0.1, 0.15) is 11.6 Å². The summed E-state index contributed by atoms with van der Waals surface area (Å²) in [5.41, 5.74) is 1.70. The number of benzene rings is 1. The van der Waals surface area contributed by atoms with Crippen LogP contribution >= 0.6 is 0 Å². The van der Waals surface area contributed by atoms with Crippen molar-refractivity contribution in [3.8, 4) is 17.6 Å². The molecule has 0 bridgehead atoms. The second kappa shape index (κ2) is 8.82. The van der Waals surface area contributed by atoms with Crippen molar-refractivity contribution in [2.24, 2.45) is 0 Å². The van der Waals surface area contributed by atoms with Crippen LogP contribution in [0, 0.1) is 11.8 Å². The second-order valence-corrected chi connectivity index (χ2v) is 8.01. The minimum Gasteiger partial charge on any atom is -0.495 e. The Balaban J connectivity index is 1.55. The van der Waals surface area contributed by atoms with Crippen LogP contribution in [0.1, 0.15) is 31.2 Å². The van der Waals surface area contributed by atoms with Crippen molar-refractivity contribution in [2.75, 3.05) is 50.1 Å². The lowest BCUT2D eigenvalue weighted by Gasteiger charge is -2.18. The van der Waals surface area contributed by atoms with E-state index in [1.807, 2.05) is 18.2 Å². The van der Waals surface area contributed by atoms with Gasteiger partial charge >= 0.3 is 0 Å². The maximum atomic E-state index is 5.66. The average Bonchev–Trinajstić information content (AvgIpc) is 3.56. The molecule has 5 rings (SSSR count). The van der Waals surface area contributed by atoms with E-state index in [1.54, 1.807) is 13.3 Å². The Bertz CT molecular complexity index is 1100. The zero-order chi connectivity index (χ0) is 21.0. The molecule has 8 nitrogen and oxygen atoms in total. The summed E-state index contributed by atoms with van der Waals surface area (Å²) in [5, 5.41) is 11.3. The third kappa shape index (κ3) is 4.28. The Labute approximate surface area is 182 Å². The molecular weight excluding hydrogens is 390 g/mol. The van der Waals surface area contributed by atoms with E-state index in [-0.39, 0.29) is 0 Å². The number of rotatable bonds is 5. The van der Waals surface area contributed by atoms with Gasteiger partial charge in [-0.2, -0.15) is 10.1 Å². The van der Waals surface area contributed by atoms with Gasteiger partial charge in [0, 0.05) is 30.7 Å². The van der Waals surface area contributed by atoms with E-state index in [2.05, 4.69) is 37.2 Å². The van der Waals surface area contributed by atoms with E-state index < -0.39 is 0 Å². The van der Waals surface area contributed by atoms with Gasteiger partial charge in [0.25, 0.3) is 0 Å².